The van der Waals surface area contributed by atoms with Crippen molar-refractivity contribution in [3.63, 3.8) is 0 Å². The Balaban J connectivity index is 0. The van der Waals surface area contributed by atoms with Crippen LogP contribution in [0.2, 0.25) is 0 Å². The molecule has 1 aromatic rings. The second-order valence-corrected chi connectivity index (χ2v) is 3.57. The van der Waals surface area contributed by atoms with E-state index in [9.17, 15) is 0 Å². The standard InChI is InChI=1S/C6H6.C5H12O4.CH2O3/c1-2-4-6-5-3-1;6-1-5(2-7,3-8)4-9;2-1(3)4/h1-6H;6-9H,1-4H2;(H2,2,3,4). The van der Waals surface area contributed by atoms with Crippen LogP contribution in [-0.2, 0) is 0 Å². The third-order valence-electron chi connectivity index (χ3n) is 2.01. The molecular formula is C12H20O7. The number of carboxylic acid groups (broad SMARTS) is 2. The van der Waals surface area contributed by atoms with Gasteiger partial charge in [-0.1, -0.05) is 36.4 Å². The minimum Gasteiger partial charge on any atom is -0.450 e. The van der Waals surface area contributed by atoms with Crippen LogP contribution in [0.25, 0.3) is 0 Å². The molecule has 0 aromatic heterocycles. The zero-order valence-corrected chi connectivity index (χ0v) is 10.4. The van der Waals surface area contributed by atoms with Crippen LogP contribution in [-0.4, -0.2) is 63.2 Å². The van der Waals surface area contributed by atoms with Crippen LogP contribution in [0, 0.1) is 5.41 Å². The highest BCUT2D eigenvalue weighted by Crippen LogP contribution is 2.11. The lowest BCUT2D eigenvalue weighted by molar-refractivity contribution is -0.0328. The molecule has 7 nitrogen and oxygen atoms in total. The Labute approximate surface area is 111 Å². The number of aliphatic hydroxyl groups is 4. The summed E-state index contributed by atoms with van der Waals surface area (Å²) in [7, 11) is 0. The maximum absolute atomic E-state index is 8.56. The molecule has 0 saturated carbocycles. The first kappa shape index (κ1) is 19.7. The van der Waals surface area contributed by atoms with Gasteiger partial charge in [-0.2, -0.15) is 0 Å². The molecule has 0 radical (unpaired) electrons. The first-order valence-electron chi connectivity index (χ1n) is 5.33. The molecule has 0 saturated heterocycles. The Morgan fingerprint density at radius 3 is 0.895 bits per heavy atom. The van der Waals surface area contributed by atoms with Crippen molar-refractivity contribution >= 4 is 6.16 Å². The number of carbonyl (C=O) groups is 1. The number of hydrogen-bond acceptors (Lipinski definition) is 5. The number of hydrogen-bond donors (Lipinski definition) is 6. The normalized spacial score (nSPS) is 9.47. The van der Waals surface area contributed by atoms with Crippen molar-refractivity contribution in [2.75, 3.05) is 26.4 Å². The maximum Gasteiger partial charge on any atom is 0.503 e. The van der Waals surface area contributed by atoms with Gasteiger partial charge in [-0.25, -0.2) is 4.79 Å². The van der Waals surface area contributed by atoms with Crippen LogP contribution in [0.4, 0.5) is 4.79 Å². The van der Waals surface area contributed by atoms with Gasteiger partial charge in [0.15, 0.2) is 0 Å². The van der Waals surface area contributed by atoms with E-state index in [2.05, 4.69) is 0 Å². The lowest BCUT2D eigenvalue weighted by atomic mass is 9.93. The quantitative estimate of drug-likeness (QED) is 0.449. The van der Waals surface area contributed by atoms with Crippen molar-refractivity contribution in [1.29, 1.82) is 0 Å². The summed E-state index contributed by atoms with van der Waals surface area (Å²) in [5.41, 5.74) is -1.11. The number of benzene rings is 1. The average Bonchev–Trinajstić information content (AvgIpc) is 2.44. The van der Waals surface area contributed by atoms with E-state index >= 15 is 0 Å². The third kappa shape index (κ3) is 12.6. The predicted molar refractivity (Wildman–Crippen MR) is 67.9 cm³/mol. The SMILES string of the molecule is O=C(O)O.OCC(CO)(CO)CO.c1ccccc1. The zero-order chi connectivity index (χ0) is 15.1. The van der Waals surface area contributed by atoms with Crippen LogP contribution in [0.3, 0.4) is 0 Å². The molecule has 6 N–H and O–H groups in total. The van der Waals surface area contributed by atoms with Gasteiger partial charge in [-0.3, -0.25) is 0 Å². The van der Waals surface area contributed by atoms with Gasteiger partial charge in [0.05, 0.1) is 31.8 Å². The molecule has 0 aliphatic heterocycles. The van der Waals surface area contributed by atoms with Gasteiger partial charge in [-0.05, 0) is 0 Å². The average molecular weight is 276 g/mol. The molecule has 1 aromatic carbocycles. The molecule has 0 heterocycles. The lowest BCUT2D eigenvalue weighted by Crippen LogP contribution is -2.37. The van der Waals surface area contributed by atoms with Crippen LogP contribution >= 0.6 is 0 Å². The van der Waals surface area contributed by atoms with Crippen molar-refractivity contribution in [2.45, 2.75) is 0 Å². The second kappa shape index (κ2) is 12.8. The summed E-state index contributed by atoms with van der Waals surface area (Å²) in [6.07, 6.45) is -1.83. The molecular weight excluding hydrogens is 256 g/mol. The lowest BCUT2D eigenvalue weighted by Gasteiger charge is -2.23. The third-order valence-corrected chi connectivity index (χ3v) is 2.01. The van der Waals surface area contributed by atoms with Gasteiger partial charge in [-0.15, -0.1) is 0 Å². The highest BCUT2D eigenvalue weighted by Gasteiger charge is 2.26. The van der Waals surface area contributed by atoms with Crippen molar-refractivity contribution in [2.24, 2.45) is 5.41 Å². The first-order chi connectivity index (χ1) is 8.97. The van der Waals surface area contributed by atoms with Crippen molar-refractivity contribution in [3.05, 3.63) is 36.4 Å². The molecule has 0 aliphatic carbocycles. The molecule has 1 rings (SSSR count). The summed E-state index contributed by atoms with van der Waals surface area (Å²) in [6, 6.07) is 12.0. The Morgan fingerprint density at radius 2 is 0.842 bits per heavy atom. The molecule has 0 atom stereocenters. The summed E-state index contributed by atoms with van der Waals surface area (Å²) in [5, 5.41) is 47.9. The molecule has 7 heteroatoms. The van der Waals surface area contributed by atoms with Gasteiger partial charge < -0.3 is 30.6 Å². The van der Waals surface area contributed by atoms with Crippen molar-refractivity contribution in [1.82, 2.24) is 0 Å². The Kier molecular flexibility index (Phi) is 13.2. The van der Waals surface area contributed by atoms with Gasteiger partial charge in [0.2, 0.25) is 0 Å². The zero-order valence-electron chi connectivity index (χ0n) is 10.4. The topological polar surface area (TPSA) is 138 Å². The molecule has 0 amide bonds. The smallest absolute Gasteiger partial charge is 0.450 e. The monoisotopic (exact) mass is 276 g/mol. The summed E-state index contributed by atoms with van der Waals surface area (Å²) in [5.74, 6) is 0. The van der Waals surface area contributed by atoms with E-state index in [-0.39, 0.29) is 0 Å². The van der Waals surface area contributed by atoms with E-state index in [1.54, 1.807) is 0 Å². The number of rotatable bonds is 4. The van der Waals surface area contributed by atoms with Crippen LogP contribution in [0.15, 0.2) is 36.4 Å². The maximum atomic E-state index is 8.56. The predicted octanol–water partition coefficient (Wildman–Crippen LogP) is -0.149. The van der Waals surface area contributed by atoms with E-state index in [0.29, 0.717) is 0 Å². The van der Waals surface area contributed by atoms with Crippen LogP contribution in [0.5, 0.6) is 0 Å². The second-order valence-electron chi connectivity index (χ2n) is 3.57. The van der Waals surface area contributed by atoms with E-state index < -0.39 is 38.0 Å². The molecule has 0 fully saturated rings. The van der Waals surface area contributed by atoms with Crippen LogP contribution < -0.4 is 0 Å². The fraction of sp³-hybridized carbons (Fsp3) is 0.417. The minimum absolute atomic E-state index is 0.406. The van der Waals surface area contributed by atoms with Gasteiger partial charge in [0.1, 0.15) is 0 Å². The Bertz CT molecular complexity index is 250. The summed E-state index contributed by atoms with van der Waals surface area (Å²) < 4.78 is 0. The van der Waals surface area contributed by atoms with E-state index in [1.807, 2.05) is 36.4 Å². The van der Waals surface area contributed by atoms with E-state index in [1.165, 1.54) is 0 Å². The fourth-order valence-corrected chi connectivity index (χ4v) is 0.685. The first-order valence-corrected chi connectivity index (χ1v) is 5.33. The van der Waals surface area contributed by atoms with Gasteiger partial charge in [0.25, 0.3) is 0 Å². The minimum atomic E-state index is -1.83. The molecule has 0 bridgehead atoms. The molecule has 19 heavy (non-hydrogen) atoms. The van der Waals surface area contributed by atoms with Gasteiger partial charge >= 0.3 is 6.16 Å². The highest BCUT2D eigenvalue weighted by atomic mass is 16.6. The van der Waals surface area contributed by atoms with Crippen molar-refractivity contribution in [3.8, 4) is 0 Å². The van der Waals surface area contributed by atoms with E-state index in [0.717, 1.165) is 0 Å². The molecule has 0 unspecified atom stereocenters. The van der Waals surface area contributed by atoms with Crippen LogP contribution in [0.1, 0.15) is 0 Å². The highest BCUT2D eigenvalue weighted by molar-refractivity contribution is 5.53. The summed E-state index contributed by atoms with van der Waals surface area (Å²) in [6.45, 7) is -1.62. The largest absolute Gasteiger partial charge is 0.503 e. The van der Waals surface area contributed by atoms with Crippen molar-refractivity contribution < 1.29 is 35.4 Å². The summed E-state index contributed by atoms with van der Waals surface area (Å²) in [4.78, 5) is 8.56. The van der Waals surface area contributed by atoms with Gasteiger partial charge in [0, 0.05) is 0 Å². The fourth-order valence-electron chi connectivity index (χ4n) is 0.685. The molecule has 0 aliphatic rings. The Morgan fingerprint density at radius 1 is 0.684 bits per heavy atom. The number of aliphatic hydroxyl groups excluding tert-OH is 4. The summed E-state index contributed by atoms with van der Waals surface area (Å²) >= 11 is 0. The molecule has 0 spiro atoms. The Hall–Kier alpha value is -1.67. The van der Waals surface area contributed by atoms with E-state index in [4.69, 9.17) is 35.4 Å². The molecule has 110 valence electrons.